The molecule has 2 rings (SSSR count). The van der Waals surface area contributed by atoms with Gasteiger partial charge >= 0.3 is 12.0 Å². The molecule has 6 nitrogen and oxygen atoms in total. The predicted octanol–water partition coefficient (Wildman–Crippen LogP) is 1.37. The van der Waals surface area contributed by atoms with Gasteiger partial charge in [-0.2, -0.15) is 0 Å². The third-order valence-corrected chi connectivity index (χ3v) is 4.48. The largest absolute Gasteiger partial charge is 0.481 e. The Kier molecular flexibility index (Phi) is 6.29. The minimum Gasteiger partial charge on any atom is -0.481 e. The van der Waals surface area contributed by atoms with E-state index in [0.717, 1.165) is 39.0 Å². The smallest absolute Gasteiger partial charge is 0.317 e. The van der Waals surface area contributed by atoms with Gasteiger partial charge in [0.2, 0.25) is 0 Å². The molecule has 0 radical (unpaired) electrons. The van der Waals surface area contributed by atoms with Crippen molar-refractivity contribution >= 4 is 12.0 Å². The highest BCUT2D eigenvalue weighted by Crippen LogP contribution is 2.20. The molecule has 2 saturated heterocycles. The van der Waals surface area contributed by atoms with Crippen LogP contribution in [0.25, 0.3) is 0 Å². The number of hydrogen-bond donors (Lipinski definition) is 2. The number of rotatable bonds is 6. The normalized spacial score (nSPS) is 23.2. The molecular formula is C15H27N3O3. The molecule has 0 aliphatic carbocycles. The Bertz CT molecular complexity index is 356. The first-order chi connectivity index (χ1) is 10.1. The maximum absolute atomic E-state index is 12.1. The zero-order chi connectivity index (χ0) is 15.1. The summed E-state index contributed by atoms with van der Waals surface area (Å²) in [7, 11) is 0. The van der Waals surface area contributed by atoms with E-state index in [9.17, 15) is 9.59 Å². The van der Waals surface area contributed by atoms with E-state index in [1.165, 1.54) is 12.8 Å². The number of carbonyl (C=O) groups is 2. The van der Waals surface area contributed by atoms with Crippen molar-refractivity contribution in [3.8, 4) is 0 Å². The number of nitrogens with zero attached hydrogens (tertiary/aromatic N) is 2. The Labute approximate surface area is 126 Å². The molecule has 0 aromatic rings. The van der Waals surface area contributed by atoms with E-state index in [0.29, 0.717) is 25.4 Å². The second-order valence-corrected chi connectivity index (χ2v) is 6.17. The van der Waals surface area contributed by atoms with Crippen molar-refractivity contribution in [3.63, 3.8) is 0 Å². The summed E-state index contributed by atoms with van der Waals surface area (Å²) in [5.74, 6) is -0.415. The summed E-state index contributed by atoms with van der Waals surface area (Å²) in [6.07, 6.45) is 5.42. The van der Waals surface area contributed by atoms with Crippen LogP contribution in [-0.2, 0) is 4.79 Å². The average molecular weight is 297 g/mol. The highest BCUT2D eigenvalue weighted by Gasteiger charge is 2.24. The zero-order valence-electron chi connectivity index (χ0n) is 12.7. The summed E-state index contributed by atoms with van der Waals surface area (Å²) in [6.45, 7) is 5.42. The number of urea groups is 1. The third kappa shape index (κ3) is 5.53. The Morgan fingerprint density at radius 1 is 1.14 bits per heavy atom. The number of carboxylic acids is 1. The molecule has 2 aliphatic heterocycles. The van der Waals surface area contributed by atoms with Gasteiger partial charge in [-0.25, -0.2) is 4.79 Å². The van der Waals surface area contributed by atoms with E-state index in [1.807, 2.05) is 4.90 Å². The van der Waals surface area contributed by atoms with Crippen LogP contribution in [0, 0.1) is 5.92 Å². The maximum atomic E-state index is 12.1. The van der Waals surface area contributed by atoms with Gasteiger partial charge in [-0.1, -0.05) is 0 Å². The lowest BCUT2D eigenvalue weighted by Crippen LogP contribution is -2.47. The molecule has 21 heavy (non-hydrogen) atoms. The van der Waals surface area contributed by atoms with Gasteiger partial charge < -0.3 is 20.2 Å². The fourth-order valence-corrected chi connectivity index (χ4v) is 3.25. The molecule has 2 amide bonds. The highest BCUT2D eigenvalue weighted by molar-refractivity contribution is 5.74. The molecule has 6 heteroatoms. The quantitative estimate of drug-likeness (QED) is 0.776. The third-order valence-electron chi connectivity index (χ3n) is 4.48. The molecule has 2 N–H and O–H groups in total. The van der Waals surface area contributed by atoms with Crippen molar-refractivity contribution < 1.29 is 14.7 Å². The summed E-state index contributed by atoms with van der Waals surface area (Å²) >= 11 is 0. The van der Waals surface area contributed by atoms with Crippen molar-refractivity contribution in [2.75, 3.05) is 39.3 Å². The van der Waals surface area contributed by atoms with Crippen LogP contribution in [0.1, 0.15) is 38.5 Å². The lowest BCUT2D eigenvalue weighted by Gasteiger charge is -2.32. The molecular weight excluding hydrogens is 270 g/mol. The van der Waals surface area contributed by atoms with Crippen molar-refractivity contribution in [3.05, 3.63) is 0 Å². The van der Waals surface area contributed by atoms with Crippen LogP contribution >= 0.6 is 0 Å². The van der Waals surface area contributed by atoms with Crippen molar-refractivity contribution in [2.45, 2.75) is 38.5 Å². The molecule has 0 spiro atoms. The SMILES string of the molecule is O=C(O)CCC1CCCN(C(=O)NCCN2CCCC2)C1. The monoisotopic (exact) mass is 297 g/mol. The van der Waals surface area contributed by atoms with E-state index < -0.39 is 5.97 Å². The molecule has 0 bridgehead atoms. The van der Waals surface area contributed by atoms with Crippen molar-refractivity contribution in [2.24, 2.45) is 5.92 Å². The topological polar surface area (TPSA) is 72.9 Å². The average Bonchev–Trinajstić information content (AvgIpc) is 2.98. The van der Waals surface area contributed by atoms with Gasteiger partial charge in [0, 0.05) is 32.6 Å². The Hall–Kier alpha value is -1.30. The lowest BCUT2D eigenvalue weighted by atomic mass is 9.93. The molecule has 1 atom stereocenters. The van der Waals surface area contributed by atoms with Gasteiger partial charge in [0.05, 0.1) is 0 Å². The second-order valence-electron chi connectivity index (χ2n) is 6.17. The summed E-state index contributed by atoms with van der Waals surface area (Å²) in [5.41, 5.74) is 0. The highest BCUT2D eigenvalue weighted by atomic mass is 16.4. The number of nitrogens with one attached hydrogen (secondary N) is 1. The van der Waals surface area contributed by atoms with Gasteiger partial charge in [0.25, 0.3) is 0 Å². The fourth-order valence-electron chi connectivity index (χ4n) is 3.25. The summed E-state index contributed by atoms with van der Waals surface area (Å²) in [5, 5.41) is 11.7. The summed E-state index contributed by atoms with van der Waals surface area (Å²) in [6, 6.07) is 0.00854. The molecule has 2 fully saturated rings. The van der Waals surface area contributed by atoms with Gasteiger partial charge in [-0.05, 0) is 51.1 Å². The molecule has 0 saturated carbocycles. The van der Waals surface area contributed by atoms with Crippen LogP contribution in [-0.4, -0.2) is 66.2 Å². The van der Waals surface area contributed by atoms with Crippen LogP contribution in [0.5, 0.6) is 0 Å². The zero-order valence-corrected chi connectivity index (χ0v) is 12.7. The van der Waals surface area contributed by atoms with E-state index in [4.69, 9.17) is 5.11 Å². The number of amides is 2. The van der Waals surface area contributed by atoms with Gasteiger partial charge in [0.15, 0.2) is 0 Å². The van der Waals surface area contributed by atoms with Crippen LogP contribution in [0.3, 0.4) is 0 Å². The van der Waals surface area contributed by atoms with Crippen molar-refractivity contribution in [1.29, 1.82) is 0 Å². The first kappa shape index (κ1) is 16.1. The van der Waals surface area contributed by atoms with Gasteiger partial charge in [0.1, 0.15) is 0 Å². The minimum atomic E-state index is -0.748. The molecule has 120 valence electrons. The van der Waals surface area contributed by atoms with E-state index >= 15 is 0 Å². The Morgan fingerprint density at radius 2 is 1.90 bits per heavy atom. The number of carboxylic acid groups (broad SMARTS) is 1. The van der Waals surface area contributed by atoms with Crippen LogP contribution in [0.4, 0.5) is 4.79 Å². The van der Waals surface area contributed by atoms with E-state index in [1.54, 1.807) is 0 Å². The van der Waals surface area contributed by atoms with Crippen LogP contribution < -0.4 is 5.32 Å². The minimum absolute atomic E-state index is 0.00854. The van der Waals surface area contributed by atoms with Crippen LogP contribution in [0.2, 0.25) is 0 Å². The predicted molar refractivity (Wildman–Crippen MR) is 80.2 cm³/mol. The van der Waals surface area contributed by atoms with E-state index in [-0.39, 0.29) is 12.5 Å². The van der Waals surface area contributed by atoms with Crippen molar-refractivity contribution in [1.82, 2.24) is 15.1 Å². The summed E-state index contributed by atoms with van der Waals surface area (Å²) in [4.78, 5) is 27.0. The van der Waals surface area contributed by atoms with Crippen LogP contribution in [0.15, 0.2) is 0 Å². The Morgan fingerprint density at radius 3 is 2.62 bits per heavy atom. The Balaban J connectivity index is 1.64. The second kappa shape index (κ2) is 8.22. The molecule has 1 unspecified atom stereocenters. The first-order valence-corrected chi connectivity index (χ1v) is 8.12. The van der Waals surface area contributed by atoms with Gasteiger partial charge in [-0.3, -0.25) is 4.79 Å². The number of carbonyl (C=O) groups excluding carboxylic acids is 1. The molecule has 0 aromatic carbocycles. The fraction of sp³-hybridized carbons (Fsp3) is 0.867. The molecule has 2 aliphatic rings. The summed E-state index contributed by atoms with van der Waals surface area (Å²) < 4.78 is 0. The van der Waals surface area contributed by atoms with Gasteiger partial charge in [-0.15, -0.1) is 0 Å². The molecule has 0 aromatic heterocycles. The first-order valence-electron chi connectivity index (χ1n) is 8.12. The van der Waals surface area contributed by atoms with E-state index in [2.05, 4.69) is 10.2 Å². The standard InChI is InChI=1S/C15H27N3O3/c19-14(20)6-5-13-4-3-10-18(12-13)15(21)16-7-11-17-8-1-2-9-17/h13H,1-12H2,(H,16,21)(H,19,20). The maximum Gasteiger partial charge on any atom is 0.317 e. The molecule has 2 heterocycles. The number of piperidine rings is 1. The lowest BCUT2D eigenvalue weighted by molar-refractivity contribution is -0.137. The number of likely N-dealkylation sites (tertiary alicyclic amines) is 2. The number of aliphatic carboxylic acids is 1. The number of hydrogen-bond acceptors (Lipinski definition) is 3.